The fourth-order valence-corrected chi connectivity index (χ4v) is 2.32. The van der Waals surface area contributed by atoms with Crippen LogP contribution >= 0.6 is 0 Å². The molecule has 0 bridgehead atoms. The monoisotopic (exact) mass is 213 g/mol. The molecular formula is C13H15N3. The first-order chi connectivity index (χ1) is 7.86. The number of benzene rings is 1. The number of imidazole rings is 1. The lowest BCUT2D eigenvalue weighted by Crippen LogP contribution is -2.31. The van der Waals surface area contributed by atoms with Crippen LogP contribution in [0.25, 0.3) is 11.4 Å². The summed E-state index contributed by atoms with van der Waals surface area (Å²) in [5.74, 6) is 1.09. The lowest BCUT2D eigenvalue weighted by Gasteiger charge is -2.25. The zero-order valence-electron chi connectivity index (χ0n) is 9.35. The summed E-state index contributed by atoms with van der Waals surface area (Å²) in [4.78, 5) is 4.54. The lowest BCUT2D eigenvalue weighted by molar-refractivity contribution is 0.432. The summed E-state index contributed by atoms with van der Waals surface area (Å²) in [5, 5.41) is 3.39. The molecule has 1 aliphatic heterocycles. The Balaban J connectivity index is 2.13. The SMILES string of the molecule is CC1CNCc2cnc(-c3ccccc3)n21. The highest BCUT2D eigenvalue weighted by Crippen LogP contribution is 2.25. The molecule has 0 radical (unpaired) electrons. The van der Waals surface area contributed by atoms with Crippen molar-refractivity contribution in [3.8, 4) is 11.4 Å². The van der Waals surface area contributed by atoms with Crippen molar-refractivity contribution in [1.82, 2.24) is 14.9 Å². The fraction of sp³-hybridized carbons (Fsp3) is 0.308. The van der Waals surface area contributed by atoms with Crippen molar-refractivity contribution in [1.29, 1.82) is 0 Å². The van der Waals surface area contributed by atoms with Crippen LogP contribution in [0.1, 0.15) is 18.7 Å². The van der Waals surface area contributed by atoms with Gasteiger partial charge in [0.05, 0.1) is 11.9 Å². The van der Waals surface area contributed by atoms with Crippen LogP contribution in [0.2, 0.25) is 0 Å². The second-order valence-electron chi connectivity index (χ2n) is 4.29. The van der Waals surface area contributed by atoms with E-state index < -0.39 is 0 Å². The number of hydrogen-bond donors (Lipinski definition) is 1. The van der Waals surface area contributed by atoms with Gasteiger partial charge >= 0.3 is 0 Å². The van der Waals surface area contributed by atoms with Crippen molar-refractivity contribution in [3.63, 3.8) is 0 Å². The fourth-order valence-electron chi connectivity index (χ4n) is 2.32. The maximum absolute atomic E-state index is 4.54. The lowest BCUT2D eigenvalue weighted by atomic mass is 10.2. The number of aromatic nitrogens is 2. The molecule has 1 atom stereocenters. The molecule has 2 heterocycles. The van der Waals surface area contributed by atoms with Crippen LogP contribution in [-0.2, 0) is 6.54 Å². The average Bonchev–Trinajstić information content (AvgIpc) is 2.75. The van der Waals surface area contributed by atoms with Crippen LogP contribution in [0, 0.1) is 0 Å². The minimum atomic E-state index is 0.474. The molecule has 0 amide bonds. The van der Waals surface area contributed by atoms with E-state index in [0.717, 1.165) is 18.9 Å². The second-order valence-corrected chi connectivity index (χ2v) is 4.29. The van der Waals surface area contributed by atoms with Crippen LogP contribution in [0.3, 0.4) is 0 Å². The van der Waals surface area contributed by atoms with E-state index in [1.54, 1.807) is 0 Å². The first-order valence-corrected chi connectivity index (χ1v) is 5.68. The van der Waals surface area contributed by atoms with Crippen LogP contribution < -0.4 is 5.32 Å². The first-order valence-electron chi connectivity index (χ1n) is 5.68. The third kappa shape index (κ3) is 1.44. The Morgan fingerprint density at radius 3 is 2.94 bits per heavy atom. The summed E-state index contributed by atoms with van der Waals surface area (Å²) in [6.45, 7) is 4.16. The molecule has 0 spiro atoms. The number of fused-ring (bicyclic) bond motifs is 1. The van der Waals surface area contributed by atoms with E-state index in [1.807, 2.05) is 12.3 Å². The molecule has 16 heavy (non-hydrogen) atoms. The van der Waals surface area contributed by atoms with Crippen LogP contribution in [-0.4, -0.2) is 16.1 Å². The Morgan fingerprint density at radius 1 is 1.31 bits per heavy atom. The van der Waals surface area contributed by atoms with Gasteiger partial charge in [-0.3, -0.25) is 0 Å². The van der Waals surface area contributed by atoms with Gasteiger partial charge in [-0.25, -0.2) is 4.98 Å². The highest BCUT2D eigenvalue weighted by Gasteiger charge is 2.19. The Kier molecular flexibility index (Phi) is 2.26. The molecule has 3 rings (SSSR count). The topological polar surface area (TPSA) is 29.9 Å². The van der Waals surface area contributed by atoms with Crippen molar-refractivity contribution in [3.05, 3.63) is 42.2 Å². The number of hydrogen-bond acceptors (Lipinski definition) is 2. The molecule has 3 heteroatoms. The number of nitrogens with zero attached hydrogens (tertiary/aromatic N) is 2. The van der Waals surface area contributed by atoms with Crippen molar-refractivity contribution in [2.24, 2.45) is 0 Å². The van der Waals surface area contributed by atoms with Crippen LogP contribution in [0.4, 0.5) is 0 Å². The summed E-state index contributed by atoms with van der Waals surface area (Å²) in [6, 6.07) is 10.9. The maximum atomic E-state index is 4.54. The predicted octanol–water partition coefficient (Wildman–Crippen LogP) is 2.21. The summed E-state index contributed by atoms with van der Waals surface area (Å²) in [7, 11) is 0. The van der Waals surface area contributed by atoms with Gasteiger partial charge in [0.25, 0.3) is 0 Å². The summed E-state index contributed by atoms with van der Waals surface area (Å²) in [6.07, 6.45) is 1.98. The molecule has 1 aromatic heterocycles. The Hall–Kier alpha value is -1.61. The van der Waals surface area contributed by atoms with Crippen molar-refractivity contribution >= 4 is 0 Å². The molecule has 1 unspecified atom stereocenters. The van der Waals surface area contributed by atoms with E-state index in [-0.39, 0.29) is 0 Å². The molecule has 0 saturated carbocycles. The zero-order chi connectivity index (χ0) is 11.0. The van der Waals surface area contributed by atoms with Crippen molar-refractivity contribution in [2.75, 3.05) is 6.54 Å². The Labute approximate surface area is 95.1 Å². The normalized spacial score (nSPS) is 19.4. The van der Waals surface area contributed by atoms with E-state index in [2.05, 4.69) is 46.1 Å². The maximum Gasteiger partial charge on any atom is 0.140 e. The summed E-state index contributed by atoms with van der Waals surface area (Å²) >= 11 is 0. The van der Waals surface area contributed by atoms with Gasteiger partial charge in [-0.1, -0.05) is 30.3 Å². The van der Waals surface area contributed by atoms with E-state index in [0.29, 0.717) is 6.04 Å². The molecule has 3 nitrogen and oxygen atoms in total. The third-order valence-corrected chi connectivity index (χ3v) is 3.09. The predicted molar refractivity (Wildman–Crippen MR) is 64.1 cm³/mol. The van der Waals surface area contributed by atoms with Gasteiger partial charge < -0.3 is 9.88 Å². The Bertz CT molecular complexity index is 487. The Morgan fingerprint density at radius 2 is 2.12 bits per heavy atom. The van der Waals surface area contributed by atoms with E-state index in [4.69, 9.17) is 0 Å². The standard InChI is InChI=1S/C13H15N3/c1-10-7-14-8-12-9-15-13(16(10)12)11-5-3-2-4-6-11/h2-6,9-10,14H,7-8H2,1H3. The smallest absolute Gasteiger partial charge is 0.140 e. The van der Waals surface area contributed by atoms with E-state index in [1.165, 1.54) is 11.3 Å². The number of rotatable bonds is 1. The molecule has 1 aliphatic rings. The first kappa shape index (κ1) is 9.60. The molecular weight excluding hydrogens is 198 g/mol. The van der Waals surface area contributed by atoms with Gasteiger partial charge in [-0.2, -0.15) is 0 Å². The minimum absolute atomic E-state index is 0.474. The van der Waals surface area contributed by atoms with Crippen LogP contribution in [0.15, 0.2) is 36.5 Å². The highest BCUT2D eigenvalue weighted by molar-refractivity contribution is 5.56. The van der Waals surface area contributed by atoms with Gasteiger partial charge in [0, 0.05) is 24.7 Å². The van der Waals surface area contributed by atoms with Crippen LogP contribution in [0.5, 0.6) is 0 Å². The largest absolute Gasteiger partial charge is 0.323 e. The molecule has 1 aromatic carbocycles. The molecule has 0 saturated heterocycles. The van der Waals surface area contributed by atoms with E-state index >= 15 is 0 Å². The molecule has 1 N–H and O–H groups in total. The number of nitrogens with one attached hydrogen (secondary N) is 1. The second kappa shape index (κ2) is 3.76. The molecule has 0 fully saturated rings. The average molecular weight is 213 g/mol. The quantitative estimate of drug-likeness (QED) is 0.787. The molecule has 2 aromatic rings. The summed E-state index contributed by atoms with van der Waals surface area (Å²) in [5.41, 5.74) is 2.47. The van der Waals surface area contributed by atoms with Crippen molar-refractivity contribution < 1.29 is 0 Å². The molecule has 0 aliphatic carbocycles. The van der Waals surface area contributed by atoms with Gasteiger partial charge in [-0.15, -0.1) is 0 Å². The van der Waals surface area contributed by atoms with Crippen molar-refractivity contribution in [2.45, 2.75) is 19.5 Å². The van der Waals surface area contributed by atoms with Gasteiger partial charge in [0.1, 0.15) is 5.82 Å². The highest BCUT2D eigenvalue weighted by atomic mass is 15.2. The van der Waals surface area contributed by atoms with Gasteiger partial charge in [-0.05, 0) is 6.92 Å². The van der Waals surface area contributed by atoms with Gasteiger partial charge in [0.15, 0.2) is 0 Å². The zero-order valence-corrected chi connectivity index (χ0v) is 9.35. The van der Waals surface area contributed by atoms with Gasteiger partial charge in [0.2, 0.25) is 0 Å². The molecule has 82 valence electrons. The minimum Gasteiger partial charge on any atom is -0.323 e. The van der Waals surface area contributed by atoms with E-state index in [9.17, 15) is 0 Å². The third-order valence-electron chi connectivity index (χ3n) is 3.09. The summed E-state index contributed by atoms with van der Waals surface area (Å²) < 4.78 is 2.34.